The van der Waals surface area contributed by atoms with Gasteiger partial charge in [-0.1, -0.05) is 79.5 Å². The summed E-state index contributed by atoms with van der Waals surface area (Å²) in [5.41, 5.74) is -1.10. The minimum Gasteiger partial charge on any atom is -0.491 e. The number of hydrogen-bond donors (Lipinski definition) is 4. The minimum absolute atomic E-state index is 0.00990. The summed E-state index contributed by atoms with van der Waals surface area (Å²) in [5.74, 6) is -1.83. The van der Waals surface area contributed by atoms with Crippen molar-refractivity contribution in [3.63, 3.8) is 0 Å². The summed E-state index contributed by atoms with van der Waals surface area (Å²) >= 11 is 6.33. The molecular weight excluding hydrogens is 910 g/mol. The van der Waals surface area contributed by atoms with Crippen molar-refractivity contribution in [1.29, 1.82) is 0 Å². The van der Waals surface area contributed by atoms with E-state index < -0.39 is 52.1 Å². The number of ether oxygens (including phenoxy) is 3. The van der Waals surface area contributed by atoms with Crippen molar-refractivity contribution < 1.29 is 48.4 Å². The molecule has 5 saturated carbocycles. The van der Waals surface area contributed by atoms with E-state index in [0.717, 1.165) is 69.2 Å². The number of morpholine rings is 1. The predicted molar refractivity (Wildman–Crippen MR) is 267 cm³/mol. The summed E-state index contributed by atoms with van der Waals surface area (Å²) in [4.78, 5) is 70.0. The number of ketones is 1. The van der Waals surface area contributed by atoms with Crippen LogP contribution in [0.25, 0.3) is 0 Å². The van der Waals surface area contributed by atoms with Gasteiger partial charge in [-0.3, -0.25) is 28.9 Å². The molecule has 0 aromatic heterocycles. The van der Waals surface area contributed by atoms with Gasteiger partial charge in [0.05, 0.1) is 36.7 Å². The number of aliphatic hydroxyl groups is 1. The van der Waals surface area contributed by atoms with Crippen LogP contribution in [0.15, 0.2) is 29.3 Å². The van der Waals surface area contributed by atoms with E-state index in [9.17, 15) is 34.2 Å². The first-order chi connectivity index (χ1) is 32.7. The molecular formula is C56H82ClN3O10. The number of amides is 2. The third-order valence-electron chi connectivity index (χ3n) is 20.6. The Kier molecular flexibility index (Phi) is 14.1. The molecule has 6 aliphatic carbocycles. The van der Waals surface area contributed by atoms with Crippen LogP contribution in [0.1, 0.15) is 151 Å². The quantitative estimate of drug-likeness (QED) is 0.131. The summed E-state index contributed by atoms with van der Waals surface area (Å²) < 4.78 is 18.0. The van der Waals surface area contributed by atoms with Gasteiger partial charge in [0.1, 0.15) is 24.0 Å². The molecule has 70 heavy (non-hydrogen) atoms. The molecule has 1 aromatic rings. The molecule has 6 fully saturated rings. The van der Waals surface area contributed by atoms with E-state index >= 15 is 0 Å². The zero-order chi connectivity index (χ0) is 51.1. The second kappa shape index (κ2) is 18.8. The Morgan fingerprint density at radius 3 is 2.26 bits per heavy atom. The van der Waals surface area contributed by atoms with Crippen molar-refractivity contribution in [2.75, 3.05) is 46.0 Å². The van der Waals surface area contributed by atoms with Crippen LogP contribution >= 0.6 is 11.6 Å². The molecule has 0 unspecified atom stereocenters. The average molecular weight is 993 g/mol. The van der Waals surface area contributed by atoms with Crippen LogP contribution in [0.2, 0.25) is 5.02 Å². The average Bonchev–Trinajstić information content (AvgIpc) is 3.59. The van der Waals surface area contributed by atoms with Crippen molar-refractivity contribution >= 4 is 41.1 Å². The first kappa shape index (κ1) is 52.8. The fourth-order valence-corrected chi connectivity index (χ4v) is 16.3. The van der Waals surface area contributed by atoms with Crippen molar-refractivity contribution in [3.8, 4) is 5.75 Å². The van der Waals surface area contributed by atoms with Gasteiger partial charge in [-0.25, -0.2) is 0 Å². The zero-order valence-corrected chi connectivity index (χ0v) is 44.6. The topological polar surface area (TPSA) is 181 Å². The first-order valence-corrected chi connectivity index (χ1v) is 26.8. The van der Waals surface area contributed by atoms with E-state index in [4.69, 9.17) is 25.8 Å². The number of fused-ring (bicyclic) bond motifs is 7. The summed E-state index contributed by atoms with van der Waals surface area (Å²) in [5, 5.41) is 28.5. The van der Waals surface area contributed by atoms with Crippen LogP contribution in [0.3, 0.4) is 0 Å². The van der Waals surface area contributed by atoms with Crippen LogP contribution < -0.4 is 15.4 Å². The molecule has 7 aliphatic rings. The third kappa shape index (κ3) is 8.63. The summed E-state index contributed by atoms with van der Waals surface area (Å²) in [6, 6.07) is 4.82. The number of carbonyl (C=O) groups excluding carboxylic acids is 4. The number of Topliss-reactive ketones (excluding diaryl/α,β-unsaturated/α-hetero) is 1. The van der Waals surface area contributed by atoms with Crippen LogP contribution in [0, 0.1) is 68.0 Å². The van der Waals surface area contributed by atoms with Gasteiger partial charge in [0.15, 0.2) is 5.78 Å². The molecule has 0 radical (unpaired) electrons. The fourth-order valence-electron chi connectivity index (χ4n) is 16.2. The Hall–Kier alpha value is -3.52. The maximum atomic E-state index is 14.4. The van der Waals surface area contributed by atoms with Crippen LogP contribution in [-0.2, 0) is 28.7 Å². The number of rotatable bonds is 14. The highest BCUT2D eigenvalue weighted by molar-refractivity contribution is 6.30. The zero-order valence-electron chi connectivity index (χ0n) is 43.9. The van der Waals surface area contributed by atoms with Gasteiger partial charge >= 0.3 is 11.9 Å². The smallest absolute Gasteiger partial charge is 0.309 e. The highest BCUT2D eigenvalue weighted by atomic mass is 35.5. The molecule has 14 heteroatoms. The summed E-state index contributed by atoms with van der Waals surface area (Å²) in [7, 11) is 0. The largest absolute Gasteiger partial charge is 0.491 e. The van der Waals surface area contributed by atoms with Crippen LogP contribution in [-0.4, -0.2) is 108 Å². The predicted octanol–water partition coefficient (Wildman–Crippen LogP) is 8.68. The number of aliphatic carboxylic acids is 1. The van der Waals surface area contributed by atoms with Crippen LogP contribution in [0.4, 0.5) is 0 Å². The summed E-state index contributed by atoms with van der Waals surface area (Å²) in [6.07, 6.45) is 6.33. The highest BCUT2D eigenvalue weighted by Gasteiger charge is 2.71. The van der Waals surface area contributed by atoms with Crippen molar-refractivity contribution in [2.24, 2.45) is 68.0 Å². The van der Waals surface area contributed by atoms with Crippen LogP contribution in [0.5, 0.6) is 5.75 Å². The normalized spacial score (nSPS) is 36.1. The van der Waals surface area contributed by atoms with E-state index in [1.807, 2.05) is 13.8 Å². The van der Waals surface area contributed by atoms with Gasteiger partial charge in [-0.2, -0.15) is 0 Å². The third-order valence-corrected chi connectivity index (χ3v) is 20.8. The number of hydrogen-bond acceptors (Lipinski definition) is 10. The van der Waals surface area contributed by atoms with Gasteiger partial charge in [-0.15, -0.1) is 0 Å². The Morgan fingerprint density at radius 2 is 1.60 bits per heavy atom. The second-order valence-electron chi connectivity index (χ2n) is 25.4. The minimum atomic E-state index is -1.37. The number of nitrogens with one attached hydrogen (secondary N) is 2. The molecule has 0 bridgehead atoms. The van der Waals surface area contributed by atoms with Gasteiger partial charge in [-0.05, 0) is 141 Å². The monoisotopic (exact) mass is 992 g/mol. The van der Waals surface area contributed by atoms with Crippen molar-refractivity contribution in [1.82, 2.24) is 15.5 Å². The van der Waals surface area contributed by atoms with Gasteiger partial charge in [0, 0.05) is 48.5 Å². The standard InChI is InChI=1S/C56H82ClN3O10/c1-32(2)44-38(61)30-56(42(62)31-58-49(67)52(7,8)59-46(63)34-13-12-33(57)28-39(34)69-27-24-60-22-25-68-26-23-60)21-20-54(10)35(45(44)56)14-15-41-53(9)18-17-43(51(5,6)40(53)16-19-55(41,54)11)70-48(66)37-29-36(47(64)65)50(37,3)4/h12-13,28,32,35-37,40-43,62H,14-27,29-31H2,1-11H3,(H,58,67)(H,59,63)(H,64,65)/t35-,36+,37-,40+,41-,42+,43+,53+,54-,55-,56+/m1/s1. The molecule has 1 aromatic carbocycles. The molecule has 1 aliphatic heterocycles. The lowest BCUT2D eigenvalue weighted by atomic mass is 9.33. The Balaban J connectivity index is 0.959. The molecule has 8 rings (SSSR count). The van der Waals surface area contributed by atoms with E-state index in [1.165, 1.54) is 0 Å². The lowest BCUT2D eigenvalue weighted by Gasteiger charge is -2.72. The summed E-state index contributed by atoms with van der Waals surface area (Å²) in [6.45, 7) is 27.1. The van der Waals surface area contributed by atoms with Gasteiger partial charge in [0.25, 0.3) is 5.91 Å². The lowest BCUT2D eigenvalue weighted by Crippen LogP contribution is -2.66. The van der Waals surface area contributed by atoms with Crippen molar-refractivity contribution in [2.45, 2.75) is 158 Å². The number of aliphatic hydroxyl groups excluding tert-OH is 1. The molecule has 1 heterocycles. The maximum absolute atomic E-state index is 14.4. The van der Waals surface area contributed by atoms with Gasteiger partial charge < -0.3 is 35.1 Å². The number of benzene rings is 1. The number of halogens is 1. The molecule has 388 valence electrons. The van der Waals surface area contributed by atoms with E-state index in [1.54, 1.807) is 32.0 Å². The number of carboxylic acids is 1. The Morgan fingerprint density at radius 1 is 0.900 bits per heavy atom. The molecule has 2 amide bonds. The van der Waals surface area contributed by atoms with E-state index in [2.05, 4.69) is 64.0 Å². The van der Waals surface area contributed by atoms with E-state index in [0.29, 0.717) is 61.8 Å². The van der Waals surface area contributed by atoms with E-state index in [-0.39, 0.29) is 69.9 Å². The van der Waals surface area contributed by atoms with Gasteiger partial charge in [0.2, 0.25) is 5.91 Å². The van der Waals surface area contributed by atoms with Crippen molar-refractivity contribution in [3.05, 3.63) is 39.9 Å². The molecule has 0 spiro atoms. The highest BCUT2D eigenvalue weighted by Crippen LogP contribution is 2.77. The number of nitrogens with zero attached hydrogens (tertiary/aromatic N) is 1. The number of carboxylic acid groups (broad SMARTS) is 1. The fraction of sp³-hybridized carbons (Fsp3) is 0.768. The first-order valence-electron chi connectivity index (χ1n) is 26.4. The second-order valence-corrected chi connectivity index (χ2v) is 25.8. The molecule has 13 nitrogen and oxygen atoms in total. The maximum Gasteiger partial charge on any atom is 0.309 e. The number of carbonyl (C=O) groups is 5. The Bertz CT molecular complexity index is 2290. The number of esters is 1. The SMILES string of the molecule is CC(C)C1=C2[C@H]3CC[C@@H]4[C@@]5(C)CC[C@H](OC(=O)[C@H]6C[C@@H](C(=O)O)C6(C)C)C(C)(C)[C@@H]5CC[C@@]4(C)[C@]3(C)CC[C@@]2([C@@H](O)CNC(=O)C(C)(C)NC(=O)c2ccc(Cl)cc2OCCN2CCOCC2)CC1=O. The number of allylic oxidation sites excluding steroid dienone is 1. The Labute approximate surface area is 421 Å². The molecule has 11 atom stereocenters. The lowest BCUT2D eigenvalue weighted by molar-refractivity contribution is -0.238. The molecule has 1 saturated heterocycles. The molecule has 4 N–H and O–H groups in total.